The minimum atomic E-state index is -0.507. The van der Waals surface area contributed by atoms with Gasteiger partial charge in [-0.15, -0.1) is 0 Å². The smallest absolute Gasteiger partial charge is 0.358 e. The average molecular weight is 196 g/mol. The molecule has 0 aromatic carbocycles. The molecule has 1 heterocycles. The molecular weight excluding hydrogens is 182 g/mol. The maximum absolute atomic E-state index is 10.4. The number of aromatic nitrogens is 2. The summed E-state index contributed by atoms with van der Waals surface area (Å²) < 4.78 is 1.68. The van der Waals surface area contributed by atoms with Gasteiger partial charge in [0.2, 0.25) is 6.33 Å². The predicted molar refractivity (Wildman–Crippen MR) is 52.7 cm³/mol. The molecule has 0 bridgehead atoms. The number of hydrogen-bond acceptors (Lipinski definition) is 3. The zero-order valence-corrected chi connectivity index (χ0v) is 8.60. The van der Waals surface area contributed by atoms with Crippen molar-refractivity contribution in [2.24, 2.45) is 5.92 Å². The Kier molecular flexibility index (Phi) is 2.59. The van der Waals surface area contributed by atoms with Gasteiger partial charge in [-0.05, 0) is 29.7 Å². The van der Waals surface area contributed by atoms with Crippen LogP contribution in [0.25, 0.3) is 0 Å². The van der Waals surface area contributed by atoms with Crippen LogP contribution < -0.4 is 0 Å². The predicted octanol–water partition coefficient (Wildman–Crippen LogP) is 2.00. The van der Waals surface area contributed by atoms with Crippen molar-refractivity contribution in [2.75, 3.05) is 0 Å². The molecule has 1 aromatic rings. The van der Waals surface area contributed by atoms with Crippen LogP contribution in [0.15, 0.2) is 12.5 Å². The van der Waals surface area contributed by atoms with Gasteiger partial charge in [0.15, 0.2) is 0 Å². The highest BCUT2D eigenvalue weighted by molar-refractivity contribution is 5.14. The topological polar surface area (TPSA) is 61.0 Å². The van der Waals surface area contributed by atoms with Crippen molar-refractivity contribution in [3.8, 4) is 0 Å². The molecule has 77 valence electrons. The molecule has 5 heteroatoms. The second kappa shape index (κ2) is 3.40. The van der Waals surface area contributed by atoms with Crippen LogP contribution in [-0.2, 0) is 5.54 Å². The van der Waals surface area contributed by atoms with Crippen molar-refractivity contribution in [1.29, 1.82) is 0 Å². The highest BCUT2D eigenvalue weighted by Crippen LogP contribution is 2.25. The van der Waals surface area contributed by atoms with Gasteiger partial charge in [0.1, 0.15) is 6.20 Å². The van der Waals surface area contributed by atoms with Crippen molar-refractivity contribution in [3.63, 3.8) is 0 Å². The Morgan fingerprint density at radius 3 is 2.64 bits per heavy atom. The van der Waals surface area contributed by atoms with Crippen LogP contribution in [-0.4, -0.2) is 14.5 Å². The van der Waals surface area contributed by atoms with Gasteiger partial charge in [0, 0.05) is 5.54 Å². The van der Waals surface area contributed by atoms with Gasteiger partial charge in [-0.1, -0.05) is 13.8 Å². The maximum Gasteiger partial charge on any atom is 0.381 e. The Hall–Kier alpha value is -1.39. The van der Waals surface area contributed by atoms with Gasteiger partial charge in [-0.3, -0.25) is 0 Å². The van der Waals surface area contributed by atoms with Gasteiger partial charge in [-0.25, -0.2) is 0 Å². The van der Waals surface area contributed by atoms with Crippen molar-refractivity contribution in [2.45, 2.75) is 26.3 Å². The maximum atomic E-state index is 10.4. The fraction of sp³-hybridized carbons (Fsp3) is 0.556. The lowest BCUT2D eigenvalue weighted by molar-refractivity contribution is -0.389. The first-order valence-corrected chi connectivity index (χ1v) is 4.40. The zero-order chi connectivity index (χ0) is 10.9. The molecule has 0 N–H and O–H groups in total. The zero-order valence-electron chi connectivity index (χ0n) is 8.60. The Bertz CT molecular complexity index is 342. The second-order valence-corrected chi connectivity index (χ2v) is 3.91. The monoisotopic (exact) mass is 196 g/mol. The molecule has 0 saturated carbocycles. The van der Waals surface area contributed by atoms with Crippen LogP contribution in [0.2, 0.25) is 0 Å². The molecule has 14 heavy (non-hydrogen) atoms. The van der Waals surface area contributed by atoms with Gasteiger partial charge in [0.25, 0.3) is 0 Å². The van der Waals surface area contributed by atoms with E-state index in [4.69, 9.17) is 0 Å². The van der Waals surface area contributed by atoms with Gasteiger partial charge in [0.05, 0.1) is 0 Å². The highest BCUT2D eigenvalue weighted by Gasteiger charge is 2.27. The van der Waals surface area contributed by atoms with Crippen molar-refractivity contribution in [3.05, 3.63) is 29.6 Å². The lowest BCUT2D eigenvalue weighted by atomic mass is 9.91. The summed E-state index contributed by atoms with van der Waals surface area (Å²) in [6.07, 6.45) is 2.86. The van der Waals surface area contributed by atoms with E-state index >= 15 is 0 Å². The second-order valence-electron chi connectivity index (χ2n) is 3.91. The lowest BCUT2D eigenvalue weighted by Gasteiger charge is -2.29. The summed E-state index contributed by atoms with van der Waals surface area (Å²) in [5.74, 6) is 0.136. The van der Waals surface area contributed by atoms with Crippen LogP contribution in [0.1, 0.15) is 20.8 Å². The summed E-state index contributed by atoms with van der Waals surface area (Å²) in [5.41, 5.74) is -0.402. The Morgan fingerprint density at radius 1 is 1.71 bits per heavy atom. The van der Waals surface area contributed by atoms with Gasteiger partial charge < -0.3 is 14.7 Å². The van der Waals surface area contributed by atoms with E-state index in [0.717, 1.165) is 0 Å². The molecule has 1 aromatic heterocycles. The summed E-state index contributed by atoms with van der Waals surface area (Å²) in [6.45, 7) is 9.96. The number of hydrogen-bond donors (Lipinski definition) is 0. The van der Waals surface area contributed by atoms with Gasteiger partial charge >= 0.3 is 5.82 Å². The van der Waals surface area contributed by atoms with Crippen molar-refractivity contribution < 1.29 is 4.92 Å². The fourth-order valence-corrected chi connectivity index (χ4v) is 0.984. The number of nitrogens with zero attached hydrogens (tertiary/aromatic N) is 3. The minimum Gasteiger partial charge on any atom is -0.358 e. The molecular formula is C9H14N3O2. The van der Waals surface area contributed by atoms with E-state index in [2.05, 4.69) is 11.9 Å². The summed E-state index contributed by atoms with van der Waals surface area (Å²) in [5, 5.41) is 10.4. The van der Waals surface area contributed by atoms with E-state index in [9.17, 15) is 10.1 Å². The van der Waals surface area contributed by atoms with Crippen LogP contribution in [0.5, 0.6) is 0 Å². The molecule has 0 saturated heterocycles. The molecule has 5 nitrogen and oxygen atoms in total. The fourth-order valence-electron chi connectivity index (χ4n) is 0.984. The highest BCUT2D eigenvalue weighted by atomic mass is 16.6. The molecule has 1 unspecified atom stereocenters. The van der Waals surface area contributed by atoms with E-state index in [0.29, 0.717) is 0 Å². The minimum absolute atomic E-state index is 0.138. The van der Waals surface area contributed by atoms with E-state index in [1.165, 1.54) is 12.5 Å². The first-order valence-electron chi connectivity index (χ1n) is 4.40. The number of rotatable bonds is 3. The normalized spacial score (nSPS) is 12.1. The third-order valence-electron chi connectivity index (χ3n) is 2.59. The molecule has 1 radical (unpaired) electrons. The van der Waals surface area contributed by atoms with Crippen LogP contribution in [0.4, 0.5) is 5.82 Å². The quantitative estimate of drug-likeness (QED) is 0.548. The summed E-state index contributed by atoms with van der Waals surface area (Å²) in [7, 11) is 0. The van der Waals surface area contributed by atoms with E-state index in [1.54, 1.807) is 4.57 Å². The Balaban J connectivity index is 3.02. The first-order chi connectivity index (χ1) is 6.35. The average Bonchev–Trinajstić information content (AvgIpc) is 2.51. The number of nitro groups is 1. The summed E-state index contributed by atoms with van der Waals surface area (Å²) >= 11 is 0. The van der Waals surface area contributed by atoms with E-state index < -0.39 is 10.5 Å². The van der Waals surface area contributed by atoms with Crippen molar-refractivity contribution in [1.82, 2.24) is 9.55 Å². The molecule has 0 amide bonds. The van der Waals surface area contributed by atoms with E-state index in [-0.39, 0.29) is 11.7 Å². The third kappa shape index (κ3) is 1.76. The van der Waals surface area contributed by atoms with Gasteiger partial charge in [-0.2, -0.15) is 0 Å². The summed E-state index contributed by atoms with van der Waals surface area (Å²) in [4.78, 5) is 13.6. The molecule has 0 aliphatic heterocycles. The molecule has 0 fully saturated rings. The largest absolute Gasteiger partial charge is 0.381 e. The number of imidazole rings is 1. The molecule has 0 spiro atoms. The molecule has 1 rings (SSSR count). The SMILES string of the molecule is [CH2]C(C)(C(C)C)n1cnc([N+](=O)[O-])c1. The Morgan fingerprint density at radius 2 is 2.29 bits per heavy atom. The van der Waals surface area contributed by atoms with Crippen LogP contribution >= 0.6 is 0 Å². The third-order valence-corrected chi connectivity index (χ3v) is 2.59. The molecule has 0 aliphatic carbocycles. The van der Waals surface area contributed by atoms with Crippen LogP contribution in [0.3, 0.4) is 0 Å². The first kappa shape index (κ1) is 10.7. The summed E-state index contributed by atoms with van der Waals surface area (Å²) in [6, 6.07) is 0. The molecule has 0 aliphatic rings. The van der Waals surface area contributed by atoms with Crippen LogP contribution in [0, 0.1) is 23.0 Å². The standard InChI is InChI=1S/C9H14N3O2/c1-7(2)9(3,4)11-5-8(10-6-11)12(13)14/h5-7H,3H2,1-2,4H3. The lowest BCUT2D eigenvalue weighted by Crippen LogP contribution is -2.31. The molecule has 1 atom stereocenters. The van der Waals surface area contributed by atoms with E-state index in [1.807, 2.05) is 20.8 Å². The van der Waals surface area contributed by atoms with Crippen molar-refractivity contribution >= 4 is 5.82 Å². The Labute approximate surface area is 82.9 Å².